The maximum absolute atomic E-state index is 4.94. The topological polar surface area (TPSA) is 30.7 Å². The largest absolute Gasteiger partial charge is 0.213 e. The molecule has 0 radical (unpaired) electrons. The maximum atomic E-state index is 4.94. The molecule has 0 aliphatic carbocycles. The maximum Gasteiger partial charge on any atom is 0.182 e. The van der Waals surface area contributed by atoms with Crippen molar-refractivity contribution in [2.45, 2.75) is 41.0 Å². The first-order valence-corrected chi connectivity index (χ1v) is 10.8. The predicted octanol–water partition coefficient (Wildman–Crippen LogP) is 7.45. The van der Waals surface area contributed by atoms with Crippen LogP contribution >= 0.6 is 15.9 Å². The first-order chi connectivity index (χ1) is 13.8. The van der Waals surface area contributed by atoms with Crippen LogP contribution in [0.5, 0.6) is 0 Å². The van der Waals surface area contributed by atoms with Crippen molar-refractivity contribution in [3.63, 3.8) is 0 Å². The van der Waals surface area contributed by atoms with Crippen LogP contribution in [0, 0.1) is 19.8 Å². The lowest BCUT2D eigenvalue weighted by Gasteiger charge is -2.16. The van der Waals surface area contributed by atoms with E-state index in [1.54, 1.807) is 0 Å². The van der Waals surface area contributed by atoms with E-state index in [1.807, 2.05) is 16.8 Å². The second-order valence-electron chi connectivity index (χ2n) is 7.73. The molecule has 3 nitrogen and oxygen atoms in total. The smallest absolute Gasteiger partial charge is 0.182 e. The fourth-order valence-electron chi connectivity index (χ4n) is 3.57. The summed E-state index contributed by atoms with van der Waals surface area (Å²) in [5.74, 6) is 1.87. The van der Waals surface area contributed by atoms with Gasteiger partial charge in [0.1, 0.15) is 0 Å². The van der Waals surface area contributed by atoms with E-state index >= 15 is 0 Å². The molecular weight excluding hydrogens is 422 g/mol. The fraction of sp³-hybridized carbons (Fsp3) is 0.280. The molecule has 150 valence electrons. The molecule has 29 heavy (non-hydrogen) atoms. The Morgan fingerprint density at radius 1 is 1.10 bits per heavy atom. The summed E-state index contributed by atoms with van der Waals surface area (Å²) in [7, 11) is 0. The third-order valence-corrected chi connectivity index (χ3v) is 5.30. The number of hydrogen-bond acceptors (Lipinski definition) is 2. The molecule has 0 saturated heterocycles. The summed E-state index contributed by atoms with van der Waals surface area (Å²) < 4.78 is 2.91. The second kappa shape index (κ2) is 8.91. The van der Waals surface area contributed by atoms with E-state index in [4.69, 9.17) is 10.1 Å². The van der Waals surface area contributed by atoms with Crippen molar-refractivity contribution in [2.75, 3.05) is 0 Å². The van der Waals surface area contributed by atoms with Gasteiger partial charge in [0, 0.05) is 15.6 Å². The molecular formula is C25H28BrN3. The molecule has 0 saturated carbocycles. The Kier molecular flexibility index (Phi) is 6.53. The third-order valence-electron chi connectivity index (χ3n) is 4.80. The van der Waals surface area contributed by atoms with Crippen LogP contribution in [0.1, 0.15) is 38.3 Å². The predicted molar refractivity (Wildman–Crippen MR) is 127 cm³/mol. The SMILES string of the molecule is C=C(/C(=C\CC)C(C)C)n1nc(-c2cc(C)cc(C)c2)nc1-c1cccc(Br)c1. The van der Waals surface area contributed by atoms with Crippen LogP contribution < -0.4 is 0 Å². The van der Waals surface area contributed by atoms with Gasteiger partial charge in [-0.25, -0.2) is 9.67 Å². The van der Waals surface area contributed by atoms with Crippen LogP contribution in [-0.4, -0.2) is 14.8 Å². The number of allylic oxidation sites excluding steroid dienone is 3. The quantitative estimate of drug-likeness (QED) is 0.365. The van der Waals surface area contributed by atoms with E-state index in [1.165, 1.54) is 16.7 Å². The normalized spacial score (nSPS) is 11.9. The van der Waals surface area contributed by atoms with Crippen LogP contribution in [0.4, 0.5) is 0 Å². The number of rotatable bonds is 6. The molecule has 0 bridgehead atoms. The second-order valence-corrected chi connectivity index (χ2v) is 8.64. The molecule has 0 aliphatic heterocycles. The zero-order chi connectivity index (χ0) is 21.1. The molecule has 3 rings (SSSR count). The number of aromatic nitrogens is 3. The van der Waals surface area contributed by atoms with Gasteiger partial charge in [-0.2, -0.15) is 0 Å². The Hall–Kier alpha value is -2.46. The monoisotopic (exact) mass is 449 g/mol. The van der Waals surface area contributed by atoms with Gasteiger partial charge >= 0.3 is 0 Å². The average molecular weight is 450 g/mol. The number of benzene rings is 2. The summed E-state index contributed by atoms with van der Waals surface area (Å²) in [5.41, 5.74) is 6.50. The first kappa shape index (κ1) is 21.3. The summed E-state index contributed by atoms with van der Waals surface area (Å²) in [5, 5.41) is 4.90. The molecule has 0 spiro atoms. The van der Waals surface area contributed by atoms with Crippen LogP contribution in [0.3, 0.4) is 0 Å². The summed E-state index contributed by atoms with van der Waals surface area (Å²) in [4.78, 5) is 4.94. The van der Waals surface area contributed by atoms with E-state index in [-0.39, 0.29) is 0 Å². The lowest BCUT2D eigenvalue weighted by molar-refractivity contribution is 0.764. The Bertz CT molecular complexity index is 1050. The fourth-order valence-corrected chi connectivity index (χ4v) is 3.97. The molecule has 0 unspecified atom stereocenters. The van der Waals surface area contributed by atoms with E-state index in [0.717, 1.165) is 33.5 Å². The Balaban J connectivity index is 2.21. The van der Waals surface area contributed by atoms with Gasteiger partial charge in [-0.15, -0.1) is 5.10 Å². The zero-order valence-electron chi connectivity index (χ0n) is 17.8. The minimum atomic E-state index is 0.353. The van der Waals surface area contributed by atoms with Crippen molar-refractivity contribution in [1.82, 2.24) is 14.8 Å². The molecule has 0 amide bonds. The summed E-state index contributed by atoms with van der Waals surface area (Å²) in [6.45, 7) is 15.1. The van der Waals surface area contributed by atoms with Gasteiger partial charge < -0.3 is 0 Å². The van der Waals surface area contributed by atoms with Crippen molar-refractivity contribution in [1.29, 1.82) is 0 Å². The molecule has 4 heteroatoms. The van der Waals surface area contributed by atoms with E-state index in [0.29, 0.717) is 11.7 Å². The molecule has 0 atom stereocenters. The molecule has 1 heterocycles. The lowest BCUT2D eigenvalue weighted by atomic mass is 9.99. The number of halogens is 1. The van der Waals surface area contributed by atoms with Crippen molar-refractivity contribution >= 4 is 21.6 Å². The van der Waals surface area contributed by atoms with E-state index in [9.17, 15) is 0 Å². The highest BCUT2D eigenvalue weighted by Gasteiger charge is 2.19. The minimum Gasteiger partial charge on any atom is -0.213 e. The Morgan fingerprint density at radius 2 is 1.79 bits per heavy atom. The average Bonchev–Trinajstić information content (AvgIpc) is 3.10. The Labute approximate surface area is 182 Å². The van der Waals surface area contributed by atoms with Crippen LogP contribution in [-0.2, 0) is 0 Å². The molecule has 1 aromatic heterocycles. The van der Waals surface area contributed by atoms with Gasteiger partial charge in [-0.3, -0.25) is 0 Å². The summed E-state index contributed by atoms with van der Waals surface area (Å²) in [6, 6.07) is 14.6. The van der Waals surface area contributed by atoms with Crippen LogP contribution in [0.2, 0.25) is 0 Å². The van der Waals surface area contributed by atoms with Gasteiger partial charge in [-0.1, -0.05) is 78.7 Å². The highest BCUT2D eigenvalue weighted by Crippen LogP contribution is 2.31. The van der Waals surface area contributed by atoms with Gasteiger partial charge in [0.2, 0.25) is 0 Å². The molecule has 0 aliphatic rings. The molecule has 2 aromatic carbocycles. The van der Waals surface area contributed by atoms with Gasteiger partial charge in [0.15, 0.2) is 11.6 Å². The van der Waals surface area contributed by atoms with Crippen LogP contribution in [0.15, 0.2) is 65.2 Å². The van der Waals surface area contributed by atoms with Crippen molar-refractivity contribution in [3.8, 4) is 22.8 Å². The molecule has 3 aromatic rings. The van der Waals surface area contributed by atoms with Crippen molar-refractivity contribution in [3.05, 3.63) is 76.3 Å². The standard InChI is InChI=1S/C25H28BrN3/c1-7-9-23(16(2)3)19(6)29-25(20-10-8-11-22(26)15-20)27-24(28-29)21-13-17(4)12-18(5)14-21/h8-16H,6-7H2,1-5H3/b23-9-. The van der Waals surface area contributed by atoms with Gasteiger partial charge in [-0.05, 0) is 56.0 Å². The van der Waals surface area contributed by atoms with Gasteiger partial charge in [0.25, 0.3) is 0 Å². The highest BCUT2D eigenvalue weighted by molar-refractivity contribution is 9.10. The Morgan fingerprint density at radius 3 is 2.38 bits per heavy atom. The number of nitrogens with zero attached hydrogens (tertiary/aromatic N) is 3. The van der Waals surface area contributed by atoms with Gasteiger partial charge in [0.05, 0.1) is 5.70 Å². The van der Waals surface area contributed by atoms with Crippen molar-refractivity contribution < 1.29 is 0 Å². The summed E-state index contributed by atoms with van der Waals surface area (Å²) >= 11 is 3.58. The van der Waals surface area contributed by atoms with E-state index in [2.05, 4.69) is 93.5 Å². The zero-order valence-corrected chi connectivity index (χ0v) is 19.4. The summed E-state index contributed by atoms with van der Waals surface area (Å²) in [6.07, 6.45) is 3.19. The number of hydrogen-bond donors (Lipinski definition) is 0. The third kappa shape index (κ3) is 4.76. The highest BCUT2D eigenvalue weighted by atomic mass is 79.9. The van der Waals surface area contributed by atoms with Crippen LogP contribution in [0.25, 0.3) is 28.5 Å². The number of aryl methyl sites for hydroxylation is 2. The lowest BCUT2D eigenvalue weighted by Crippen LogP contribution is -2.07. The first-order valence-electron chi connectivity index (χ1n) is 10.0. The molecule has 0 N–H and O–H groups in total. The van der Waals surface area contributed by atoms with Crippen molar-refractivity contribution in [2.24, 2.45) is 5.92 Å². The molecule has 0 fully saturated rings. The minimum absolute atomic E-state index is 0.353. The van der Waals surface area contributed by atoms with E-state index < -0.39 is 0 Å².